The number of benzene rings is 1. The lowest BCUT2D eigenvalue weighted by atomic mass is 9.95. The summed E-state index contributed by atoms with van der Waals surface area (Å²) in [7, 11) is 0. The second kappa shape index (κ2) is 9.31. The molecular formula is C22H26N4O2S. The third kappa shape index (κ3) is 4.72. The summed E-state index contributed by atoms with van der Waals surface area (Å²) in [5.41, 5.74) is 1.09. The summed E-state index contributed by atoms with van der Waals surface area (Å²) in [6.07, 6.45) is 7.55. The number of hydrogen-bond donors (Lipinski definition) is 1. The summed E-state index contributed by atoms with van der Waals surface area (Å²) in [4.78, 5) is 12.6. The van der Waals surface area contributed by atoms with Crippen LogP contribution in [0.4, 0.5) is 0 Å². The number of amides is 1. The van der Waals surface area contributed by atoms with Crippen LogP contribution in [0.2, 0.25) is 0 Å². The van der Waals surface area contributed by atoms with Gasteiger partial charge in [0.2, 0.25) is 11.7 Å². The van der Waals surface area contributed by atoms with Gasteiger partial charge in [0.1, 0.15) is 0 Å². The minimum Gasteiger partial charge on any atom is -0.461 e. The van der Waals surface area contributed by atoms with Crippen LogP contribution in [-0.2, 0) is 11.3 Å². The Kier molecular flexibility index (Phi) is 6.34. The number of nitrogens with one attached hydrogen (secondary N) is 1. The Bertz CT molecular complexity index is 918. The van der Waals surface area contributed by atoms with Crippen LogP contribution >= 0.6 is 11.8 Å². The molecule has 29 heavy (non-hydrogen) atoms. The summed E-state index contributed by atoms with van der Waals surface area (Å²) >= 11 is 1.46. The Morgan fingerprint density at radius 2 is 1.97 bits per heavy atom. The lowest BCUT2D eigenvalue weighted by molar-refractivity contribution is -0.120. The van der Waals surface area contributed by atoms with Crippen molar-refractivity contribution in [3.8, 4) is 11.6 Å². The lowest BCUT2D eigenvalue weighted by Crippen LogP contribution is -2.30. The quantitative estimate of drug-likeness (QED) is 0.564. The SMILES string of the molecule is C[C@@H](Sc1nnc(-c2ccco2)n1C1CCCCC1)C(=O)NCc1ccccc1. The molecule has 152 valence electrons. The fourth-order valence-corrected chi connectivity index (χ4v) is 4.68. The number of furan rings is 1. The Morgan fingerprint density at radius 1 is 1.17 bits per heavy atom. The number of hydrogen-bond acceptors (Lipinski definition) is 5. The normalized spacial score (nSPS) is 15.9. The molecular weight excluding hydrogens is 384 g/mol. The first-order valence-electron chi connectivity index (χ1n) is 10.2. The predicted octanol–water partition coefficient (Wildman–Crippen LogP) is 4.84. The smallest absolute Gasteiger partial charge is 0.233 e. The van der Waals surface area contributed by atoms with Crippen LogP contribution < -0.4 is 5.32 Å². The van der Waals surface area contributed by atoms with Gasteiger partial charge < -0.3 is 9.73 Å². The third-order valence-electron chi connectivity index (χ3n) is 5.31. The molecule has 0 aliphatic heterocycles. The minimum absolute atomic E-state index is 0.00315. The molecule has 0 radical (unpaired) electrons. The van der Waals surface area contributed by atoms with Crippen LogP contribution in [0.25, 0.3) is 11.6 Å². The second-order valence-electron chi connectivity index (χ2n) is 7.41. The molecule has 1 aliphatic rings. The van der Waals surface area contributed by atoms with E-state index in [0.717, 1.165) is 35.1 Å². The average Bonchev–Trinajstić information content (AvgIpc) is 3.43. The van der Waals surface area contributed by atoms with Gasteiger partial charge in [-0.3, -0.25) is 9.36 Å². The van der Waals surface area contributed by atoms with Crippen molar-refractivity contribution in [1.82, 2.24) is 20.1 Å². The van der Waals surface area contributed by atoms with Crippen molar-refractivity contribution in [3.63, 3.8) is 0 Å². The first kappa shape index (κ1) is 19.8. The van der Waals surface area contributed by atoms with E-state index in [0.29, 0.717) is 12.6 Å². The topological polar surface area (TPSA) is 73.0 Å². The molecule has 4 rings (SSSR count). The molecule has 1 atom stereocenters. The van der Waals surface area contributed by atoms with Crippen molar-refractivity contribution in [2.45, 2.75) is 62.0 Å². The molecule has 1 aromatic carbocycles. The maximum Gasteiger partial charge on any atom is 0.233 e. The van der Waals surface area contributed by atoms with E-state index in [1.54, 1.807) is 6.26 Å². The van der Waals surface area contributed by atoms with Gasteiger partial charge in [0, 0.05) is 12.6 Å². The van der Waals surface area contributed by atoms with E-state index in [4.69, 9.17) is 4.42 Å². The molecule has 1 N–H and O–H groups in total. The Morgan fingerprint density at radius 3 is 2.69 bits per heavy atom. The van der Waals surface area contributed by atoms with Gasteiger partial charge in [-0.05, 0) is 37.5 Å². The summed E-state index contributed by atoms with van der Waals surface area (Å²) in [6.45, 7) is 2.44. The fourth-order valence-electron chi connectivity index (χ4n) is 3.74. The van der Waals surface area contributed by atoms with Gasteiger partial charge >= 0.3 is 0 Å². The minimum atomic E-state index is -0.269. The van der Waals surface area contributed by atoms with Crippen LogP contribution in [0, 0.1) is 0 Å². The number of carbonyl (C=O) groups is 1. The molecule has 0 spiro atoms. The zero-order chi connectivity index (χ0) is 20.1. The Hall–Kier alpha value is -2.54. The monoisotopic (exact) mass is 410 g/mol. The maximum absolute atomic E-state index is 12.6. The van der Waals surface area contributed by atoms with E-state index < -0.39 is 0 Å². The van der Waals surface area contributed by atoms with Crippen LogP contribution in [-0.4, -0.2) is 25.9 Å². The highest BCUT2D eigenvalue weighted by atomic mass is 32.2. The second-order valence-corrected chi connectivity index (χ2v) is 8.72. The van der Waals surface area contributed by atoms with Crippen molar-refractivity contribution >= 4 is 17.7 Å². The Labute approximate surface area is 175 Å². The first-order chi connectivity index (χ1) is 14.2. The molecule has 7 heteroatoms. The first-order valence-corrected chi connectivity index (χ1v) is 11.1. The molecule has 1 fully saturated rings. The molecule has 0 bridgehead atoms. The van der Waals surface area contributed by atoms with E-state index >= 15 is 0 Å². The zero-order valence-corrected chi connectivity index (χ0v) is 17.4. The molecule has 0 saturated heterocycles. The van der Waals surface area contributed by atoms with Crippen molar-refractivity contribution in [2.24, 2.45) is 0 Å². The molecule has 2 aromatic heterocycles. The summed E-state index contributed by atoms with van der Waals surface area (Å²) < 4.78 is 7.78. The third-order valence-corrected chi connectivity index (χ3v) is 6.36. The van der Waals surface area contributed by atoms with Crippen molar-refractivity contribution < 1.29 is 9.21 Å². The van der Waals surface area contributed by atoms with Gasteiger partial charge in [-0.15, -0.1) is 10.2 Å². The number of rotatable bonds is 7. The van der Waals surface area contributed by atoms with Gasteiger partial charge in [0.25, 0.3) is 0 Å². The van der Waals surface area contributed by atoms with Crippen molar-refractivity contribution in [1.29, 1.82) is 0 Å². The zero-order valence-electron chi connectivity index (χ0n) is 16.6. The van der Waals surface area contributed by atoms with E-state index in [1.165, 1.54) is 31.0 Å². The molecule has 1 saturated carbocycles. The van der Waals surface area contributed by atoms with Crippen LogP contribution in [0.1, 0.15) is 50.6 Å². The standard InChI is InChI=1S/C22H26N4O2S/c1-16(21(27)23-15-17-9-4-2-5-10-17)29-22-25-24-20(19-13-8-14-28-19)26(22)18-11-6-3-7-12-18/h2,4-5,8-10,13-14,16,18H,3,6-7,11-12,15H2,1H3,(H,23,27)/t16-/m1/s1. The molecule has 1 aliphatic carbocycles. The van der Waals surface area contributed by atoms with E-state index in [9.17, 15) is 4.79 Å². The van der Waals surface area contributed by atoms with Crippen molar-refractivity contribution in [3.05, 3.63) is 54.3 Å². The summed E-state index contributed by atoms with van der Waals surface area (Å²) in [5.74, 6) is 1.47. The predicted molar refractivity (Wildman–Crippen MR) is 113 cm³/mol. The fraction of sp³-hybridized carbons (Fsp3) is 0.409. The average molecular weight is 411 g/mol. The summed E-state index contributed by atoms with van der Waals surface area (Å²) in [6, 6.07) is 14.1. The molecule has 0 unspecified atom stereocenters. The van der Waals surface area contributed by atoms with E-state index in [-0.39, 0.29) is 11.2 Å². The number of thioether (sulfide) groups is 1. The van der Waals surface area contributed by atoms with Gasteiger partial charge in [-0.25, -0.2) is 0 Å². The Balaban J connectivity index is 1.49. The maximum atomic E-state index is 12.6. The highest BCUT2D eigenvalue weighted by molar-refractivity contribution is 8.00. The van der Waals surface area contributed by atoms with Crippen molar-refractivity contribution in [2.75, 3.05) is 0 Å². The number of carbonyl (C=O) groups excluding carboxylic acids is 1. The highest BCUT2D eigenvalue weighted by Crippen LogP contribution is 2.36. The van der Waals surface area contributed by atoms with Crippen LogP contribution in [0.15, 0.2) is 58.3 Å². The van der Waals surface area contributed by atoms with Crippen LogP contribution in [0.3, 0.4) is 0 Å². The van der Waals surface area contributed by atoms with Gasteiger partial charge in [0.05, 0.1) is 11.5 Å². The lowest BCUT2D eigenvalue weighted by Gasteiger charge is -2.25. The van der Waals surface area contributed by atoms with Gasteiger partial charge in [-0.1, -0.05) is 61.4 Å². The van der Waals surface area contributed by atoms with Gasteiger partial charge in [-0.2, -0.15) is 0 Å². The number of nitrogens with zero attached hydrogens (tertiary/aromatic N) is 3. The molecule has 3 aromatic rings. The molecule has 1 amide bonds. The number of aromatic nitrogens is 3. The molecule has 2 heterocycles. The van der Waals surface area contributed by atoms with Gasteiger partial charge in [0.15, 0.2) is 10.9 Å². The van der Waals surface area contributed by atoms with Crippen LogP contribution in [0.5, 0.6) is 0 Å². The van der Waals surface area contributed by atoms with E-state index in [2.05, 4.69) is 20.1 Å². The highest BCUT2D eigenvalue weighted by Gasteiger charge is 2.27. The largest absolute Gasteiger partial charge is 0.461 e. The molecule has 6 nitrogen and oxygen atoms in total. The van der Waals surface area contributed by atoms with E-state index in [1.807, 2.05) is 49.4 Å². The summed E-state index contributed by atoms with van der Waals surface area (Å²) in [5, 5.41) is 12.4.